The maximum absolute atomic E-state index is 10.0. The number of hydrogen-bond acceptors (Lipinski definition) is 6. The highest BCUT2D eigenvalue weighted by molar-refractivity contribution is 5.32. The van der Waals surface area contributed by atoms with Crippen LogP contribution in [-0.4, -0.2) is 52.1 Å². The third-order valence-electron chi connectivity index (χ3n) is 3.42. The van der Waals surface area contributed by atoms with Crippen molar-refractivity contribution in [2.24, 2.45) is 4.99 Å². The molecule has 1 rings (SSSR count). The molecular weight excluding hydrogens is 238 g/mol. The van der Waals surface area contributed by atoms with Gasteiger partial charge in [-0.05, 0) is 25.7 Å². The van der Waals surface area contributed by atoms with Crippen LogP contribution >= 0.6 is 0 Å². The van der Waals surface area contributed by atoms with E-state index in [1.165, 1.54) is 20.3 Å². The highest BCUT2D eigenvalue weighted by Gasteiger charge is 2.56. The van der Waals surface area contributed by atoms with Crippen molar-refractivity contribution < 1.29 is 23.7 Å². The summed E-state index contributed by atoms with van der Waals surface area (Å²) in [7, 11) is 4.68. The van der Waals surface area contributed by atoms with Crippen molar-refractivity contribution in [2.45, 2.75) is 37.3 Å². The summed E-state index contributed by atoms with van der Waals surface area (Å²) in [6.07, 6.45) is 4.49. The summed E-state index contributed by atoms with van der Waals surface area (Å²) in [6.45, 7) is 0.984. The zero-order valence-corrected chi connectivity index (χ0v) is 11.2. The summed E-state index contributed by atoms with van der Waals surface area (Å²) in [5, 5.41) is 0. The maximum atomic E-state index is 10.0. The highest BCUT2D eigenvalue weighted by atomic mass is 16.9. The Morgan fingerprint density at radius 3 is 2.56 bits per heavy atom. The summed E-state index contributed by atoms with van der Waals surface area (Å²) in [4.78, 5) is 13.6. The average molecular weight is 259 g/mol. The van der Waals surface area contributed by atoms with Crippen LogP contribution in [0.2, 0.25) is 0 Å². The lowest BCUT2D eigenvalue weighted by Crippen LogP contribution is -2.62. The smallest absolute Gasteiger partial charge is 0.313 e. The van der Waals surface area contributed by atoms with Crippen LogP contribution in [0.5, 0.6) is 0 Å². The van der Waals surface area contributed by atoms with Gasteiger partial charge in [0.1, 0.15) is 5.60 Å². The van der Waals surface area contributed by atoms with Gasteiger partial charge in [0.15, 0.2) is 0 Å². The molecule has 0 aromatic rings. The molecule has 6 heteroatoms. The molecule has 1 unspecified atom stereocenters. The Balaban J connectivity index is 2.81. The Bertz CT molecular complexity index is 299. The fourth-order valence-electron chi connectivity index (χ4n) is 2.52. The van der Waals surface area contributed by atoms with Crippen molar-refractivity contribution in [3.8, 4) is 0 Å². The van der Waals surface area contributed by atoms with Gasteiger partial charge < -0.3 is 18.9 Å². The van der Waals surface area contributed by atoms with Crippen molar-refractivity contribution in [2.75, 3.05) is 34.5 Å². The van der Waals surface area contributed by atoms with Crippen LogP contribution in [0.4, 0.5) is 0 Å². The number of ether oxygens (including phenoxy) is 4. The largest absolute Gasteiger partial charge is 0.370 e. The lowest BCUT2D eigenvalue weighted by molar-refractivity contribution is -0.445. The third-order valence-corrected chi connectivity index (χ3v) is 3.42. The van der Waals surface area contributed by atoms with Crippen LogP contribution in [0.15, 0.2) is 4.99 Å². The molecule has 0 bridgehead atoms. The number of aliphatic imine (C=N–C) groups is 1. The SMILES string of the molecule is COC1(CCCN=C=O)CCCOC1(OC)OC. The summed E-state index contributed by atoms with van der Waals surface area (Å²) < 4.78 is 22.1. The van der Waals surface area contributed by atoms with Gasteiger partial charge in [0, 0.05) is 21.3 Å². The first-order valence-corrected chi connectivity index (χ1v) is 6.03. The molecule has 1 fully saturated rings. The van der Waals surface area contributed by atoms with Crippen molar-refractivity contribution in [1.29, 1.82) is 0 Å². The zero-order chi connectivity index (χ0) is 13.5. The Hall–Kier alpha value is -0.780. The van der Waals surface area contributed by atoms with E-state index in [4.69, 9.17) is 18.9 Å². The van der Waals surface area contributed by atoms with E-state index in [0.29, 0.717) is 26.0 Å². The second-order valence-corrected chi connectivity index (χ2v) is 4.19. The van der Waals surface area contributed by atoms with Gasteiger partial charge in [-0.15, -0.1) is 0 Å². The molecule has 0 aromatic heterocycles. The van der Waals surface area contributed by atoms with E-state index in [9.17, 15) is 4.79 Å². The molecule has 1 aliphatic heterocycles. The highest BCUT2D eigenvalue weighted by Crippen LogP contribution is 2.42. The molecule has 6 nitrogen and oxygen atoms in total. The minimum atomic E-state index is -1.19. The van der Waals surface area contributed by atoms with E-state index in [1.54, 1.807) is 7.11 Å². The average Bonchev–Trinajstić information content (AvgIpc) is 2.44. The van der Waals surface area contributed by atoms with E-state index in [-0.39, 0.29) is 0 Å². The van der Waals surface area contributed by atoms with Crippen LogP contribution < -0.4 is 0 Å². The number of methoxy groups -OCH3 is 3. The summed E-state index contributed by atoms with van der Waals surface area (Å²) >= 11 is 0. The predicted octanol–water partition coefficient (Wildman–Crippen LogP) is 1.24. The predicted molar refractivity (Wildman–Crippen MR) is 63.9 cm³/mol. The fraction of sp³-hybridized carbons (Fsp3) is 0.917. The number of nitrogens with zero attached hydrogens (tertiary/aromatic N) is 1. The molecule has 1 heterocycles. The van der Waals surface area contributed by atoms with E-state index in [2.05, 4.69) is 4.99 Å². The minimum absolute atomic E-state index is 0.415. The summed E-state index contributed by atoms with van der Waals surface area (Å²) in [6, 6.07) is 0. The van der Waals surface area contributed by atoms with Gasteiger partial charge in [0.05, 0.1) is 13.2 Å². The monoisotopic (exact) mass is 259 g/mol. The van der Waals surface area contributed by atoms with E-state index in [1.807, 2.05) is 0 Å². The van der Waals surface area contributed by atoms with Gasteiger partial charge in [-0.25, -0.2) is 9.79 Å². The number of carbonyl (C=O) groups excluding carboxylic acids is 1. The summed E-state index contributed by atoms with van der Waals surface area (Å²) in [5.74, 6) is -1.19. The fourth-order valence-corrected chi connectivity index (χ4v) is 2.52. The van der Waals surface area contributed by atoms with E-state index >= 15 is 0 Å². The van der Waals surface area contributed by atoms with E-state index in [0.717, 1.165) is 12.8 Å². The Morgan fingerprint density at radius 1 is 1.28 bits per heavy atom. The molecule has 18 heavy (non-hydrogen) atoms. The molecule has 1 atom stereocenters. The first-order valence-electron chi connectivity index (χ1n) is 6.03. The molecule has 104 valence electrons. The molecule has 0 amide bonds. The molecular formula is C12H21NO5. The van der Waals surface area contributed by atoms with Gasteiger partial charge in [-0.1, -0.05) is 0 Å². The second-order valence-electron chi connectivity index (χ2n) is 4.19. The van der Waals surface area contributed by atoms with Crippen LogP contribution in [0.1, 0.15) is 25.7 Å². The van der Waals surface area contributed by atoms with Gasteiger partial charge in [-0.3, -0.25) is 0 Å². The molecule has 0 aliphatic carbocycles. The van der Waals surface area contributed by atoms with Crippen LogP contribution in [0.3, 0.4) is 0 Å². The number of isocyanates is 1. The standard InChI is InChI=1S/C12H21NO5/c1-15-11(6-4-8-13-10-14)7-5-9-18-12(11,16-2)17-3/h4-9H2,1-3H3. The lowest BCUT2D eigenvalue weighted by Gasteiger charge is -2.49. The zero-order valence-electron chi connectivity index (χ0n) is 11.2. The maximum Gasteiger partial charge on any atom is 0.313 e. The van der Waals surface area contributed by atoms with Gasteiger partial charge >= 0.3 is 5.97 Å². The topological polar surface area (TPSA) is 66.4 Å². The quantitative estimate of drug-likeness (QED) is 0.298. The Kier molecular flexibility index (Phi) is 5.91. The van der Waals surface area contributed by atoms with Crippen molar-refractivity contribution in [3.63, 3.8) is 0 Å². The van der Waals surface area contributed by atoms with Crippen molar-refractivity contribution in [3.05, 3.63) is 0 Å². The Morgan fingerprint density at radius 2 is 2.00 bits per heavy atom. The second kappa shape index (κ2) is 6.97. The van der Waals surface area contributed by atoms with Crippen LogP contribution in [0, 0.1) is 0 Å². The minimum Gasteiger partial charge on any atom is -0.370 e. The molecule has 0 spiro atoms. The molecule has 0 N–H and O–H groups in total. The normalized spacial score (nSPS) is 26.6. The molecule has 0 aromatic carbocycles. The molecule has 1 saturated heterocycles. The number of hydrogen-bond donors (Lipinski definition) is 0. The third kappa shape index (κ3) is 2.79. The Labute approximate surface area is 107 Å². The summed E-state index contributed by atoms with van der Waals surface area (Å²) in [5.41, 5.74) is -0.673. The molecule has 1 aliphatic rings. The van der Waals surface area contributed by atoms with Gasteiger partial charge in [0.25, 0.3) is 0 Å². The van der Waals surface area contributed by atoms with Crippen molar-refractivity contribution >= 4 is 6.08 Å². The first kappa shape index (κ1) is 15.3. The van der Waals surface area contributed by atoms with Crippen LogP contribution in [-0.2, 0) is 23.7 Å². The lowest BCUT2D eigenvalue weighted by atomic mass is 9.87. The molecule has 0 saturated carbocycles. The molecule has 0 radical (unpaired) electrons. The van der Waals surface area contributed by atoms with Gasteiger partial charge in [-0.2, -0.15) is 0 Å². The van der Waals surface area contributed by atoms with Gasteiger partial charge in [0.2, 0.25) is 6.08 Å². The first-order chi connectivity index (χ1) is 8.70. The van der Waals surface area contributed by atoms with Crippen LogP contribution in [0.25, 0.3) is 0 Å². The number of rotatable bonds is 7. The van der Waals surface area contributed by atoms with Crippen molar-refractivity contribution in [1.82, 2.24) is 0 Å². The van der Waals surface area contributed by atoms with E-state index < -0.39 is 11.6 Å².